The van der Waals surface area contributed by atoms with E-state index in [0.717, 1.165) is 42.9 Å². The summed E-state index contributed by atoms with van der Waals surface area (Å²) in [6.07, 6.45) is 5.49. The van der Waals surface area contributed by atoms with Crippen LogP contribution >= 0.6 is 0 Å². The molecule has 1 saturated carbocycles. The minimum absolute atomic E-state index is 0.00820. The summed E-state index contributed by atoms with van der Waals surface area (Å²) in [5, 5.41) is 2.94. The lowest BCUT2D eigenvalue weighted by molar-refractivity contribution is -0.138. The molecule has 2 fully saturated rings. The van der Waals surface area contributed by atoms with Gasteiger partial charge in [-0.2, -0.15) is 0 Å². The number of likely N-dealkylation sites (tertiary alicyclic amines) is 1. The molecule has 6 nitrogen and oxygen atoms in total. The van der Waals surface area contributed by atoms with Gasteiger partial charge in [0.05, 0.1) is 17.9 Å². The van der Waals surface area contributed by atoms with Crippen LogP contribution in [0.5, 0.6) is 0 Å². The van der Waals surface area contributed by atoms with Crippen LogP contribution in [0.3, 0.4) is 0 Å². The summed E-state index contributed by atoms with van der Waals surface area (Å²) in [5.41, 5.74) is 3.50. The van der Waals surface area contributed by atoms with Crippen LogP contribution in [-0.2, 0) is 9.59 Å². The number of carbonyl (C=O) groups excluding carboxylic acids is 2. The molecule has 0 radical (unpaired) electrons. The van der Waals surface area contributed by atoms with Crippen molar-refractivity contribution in [2.45, 2.75) is 65.5 Å². The topological polar surface area (TPSA) is 78.1 Å². The molecule has 2 heterocycles. The highest BCUT2D eigenvalue weighted by Crippen LogP contribution is 2.58. The van der Waals surface area contributed by atoms with Gasteiger partial charge in [-0.15, -0.1) is 0 Å². The van der Waals surface area contributed by atoms with Crippen LogP contribution in [0.15, 0.2) is 30.5 Å². The number of hydrogen-bond acceptors (Lipinski definition) is 3. The van der Waals surface area contributed by atoms with E-state index in [0.29, 0.717) is 6.42 Å². The predicted molar refractivity (Wildman–Crippen MR) is 117 cm³/mol. The first-order chi connectivity index (χ1) is 14.3. The summed E-state index contributed by atoms with van der Waals surface area (Å²) >= 11 is 0. The number of benzene rings is 1. The second-order valence-electron chi connectivity index (χ2n) is 9.38. The molecular weight excluding hydrogens is 376 g/mol. The SMILES string of the molecule is CCC(=O)NC(C(=O)N1CC2(CC2)CC1c1ncc(-c2ccc(C)cc2)[nH]1)C(C)C. The largest absolute Gasteiger partial charge is 0.344 e. The van der Waals surface area contributed by atoms with Crippen molar-refractivity contribution in [1.29, 1.82) is 0 Å². The van der Waals surface area contributed by atoms with Crippen LogP contribution in [0.25, 0.3) is 11.3 Å². The monoisotopic (exact) mass is 408 g/mol. The molecule has 1 spiro atoms. The van der Waals surface area contributed by atoms with E-state index in [9.17, 15) is 9.59 Å². The van der Waals surface area contributed by atoms with E-state index >= 15 is 0 Å². The van der Waals surface area contributed by atoms with Crippen molar-refractivity contribution in [1.82, 2.24) is 20.2 Å². The highest BCUT2D eigenvalue weighted by Gasteiger charge is 2.55. The number of aromatic nitrogens is 2. The molecule has 4 rings (SSSR count). The van der Waals surface area contributed by atoms with Crippen molar-refractivity contribution in [2.75, 3.05) is 6.54 Å². The Hall–Kier alpha value is -2.63. The first kappa shape index (κ1) is 20.6. The molecule has 30 heavy (non-hydrogen) atoms. The van der Waals surface area contributed by atoms with Crippen molar-refractivity contribution in [2.24, 2.45) is 11.3 Å². The summed E-state index contributed by atoms with van der Waals surface area (Å²) in [6, 6.07) is 7.77. The fourth-order valence-corrected chi connectivity index (χ4v) is 4.42. The molecule has 6 heteroatoms. The van der Waals surface area contributed by atoms with E-state index in [2.05, 4.69) is 46.5 Å². The standard InChI is InChI=1S/C24H32N4O2/c1-5-20(29)27-21(15(2)3)23(30)28-14-24(10-11-24)12-19(28)22-25-13-18(26-22)17-8-6-16(4)7-9-17/h6-9,13,15,19,21H,5,10-12,14H2,1-4H3,(H,25,26)(H,27,29). The molecular formula is C24H32N4O2. The third-order valence-corrected chi connectivity index (χ3v) is 6.59. The maximum atomic E-state index is 13.5. The summed E-state index contributed by atoms with van der Waals surface area (Å²) in [4.78, 5) is 35.6. The van der Waals surface area contributed by atoms with Crippen LogP contribution in [0.4, 0.5) is 0 Å². The molecule has 0 bridgehead atoms. The summed E-state index contributed by atoms with van der Waals surface area (Å²) < 4.78 is 0. The van der Waals surface area contributed by atoms with Crippen molar-refractivity contribution >= 4 is 11.8 Å². The number of aromatic amines is 1. The predicted octanol–water partition coefficient (Wildman–Crippen LogP) is 3.99. The van der Waals surface area contributed by atoms with Crippen LogP contribution in [0.2, 0.25) is 0 Å². The second-order valence-corrected chi connectivity index (χ2v) is 9.38. The van der Waals surface area contributed by atoms with Gasteiger partial charge in [-0.05, 0) is 43.1 Å². The van der Waals surface area contributed by atoms with Crippen LogP contribution in [-0.4, -0.2) is 39.3 Å². The van der Waals surface area contributed by atoms with Gasteiger partial charge in [0.2, 0.25) is 11.8 Å². The van der Waals surface area contributed by atoms with E-state index in [4.69, 9.17) is 0 Å². The quantitative estimate of drug-likeness (QED) is 0.759. The van der Waals surface area contributed by atoms with E-state index in [1.54, 1.807) is 0 Å². The van der Waals surface area contributed by atoms with Gasteiger partial charge >= 0.3 is 0 Å². The zero-order valence-corrected chi connectivity index (χ0v) is 18.4. The summed E-state index contributed by atoms with van der Waals surface area (Å²) in [6.45, 7) is 8.60. The first-order valence-corrected chi connectivity index (χ1v) is 11.0. The fourth-order valence-electron chi connectivity index (χ4n) is 4.42. The maximum Gasteiger partial charge on any atom is 0.246 e. The van der Waals surface area contributed by atoms with E-state index in [-0.39, 0.29) is 29.2 Å². The lowest BCUT2D eigenvalue weighted by Gasteiger charge is -2.30. The van der Waals surface area contributed by atoms with Crippen molar-refractivity contribution in [3.63, 3.8) is 0 Å². The molecule has 2 aromatic rings. The van der Waals surface area contributed by atoms with Gasteiger partial charge in [-0.3, -0.25) is 9.59 Å². The minimum Gasteiger partial charge on any atom is -0.344 e. The molecule has 1 aromatic heterocycles. The molecule has 2 amide bonds. The number of amides is 2. The highest BCUT2D eigenvalue weighted by molar-refractivity contribution is 5.88. The van der Waals surface area contributed by atoms with E-state index in [1.807, 2.05) is 31.9 Å². The Bertz CT molecular complexity index is 927. The summed E-state index contributed by atoms with van der Waals surface area (Å²) in [5.74, 6) is 0.795. The molecule has 1 aliphatic heterocycles. The highest BCUT2D eigenvalue weighted by atomic mass is 16.2. The Morgan fingerprint density at radius 3 is 2.57 bits per heavy atom. The number of hydrogen-bond donors (Lipinski definition) is 2. The Morgan fingerprint density at radius 2 is 1.97 bits per heavy atom. The Balaban J connectivity index is 1.59. The van der Waals surface area contributed by atoms with Crippen LogP contribution in [0.1, 0.15) is 63.9 Å². The molecule has 2 N–H and O–H groups in total. The number of nitrogens with zero attached hydrogens (tertiary/aromatic N) is 2. The number of carbonyl (C=O) groups is 2. The first-order valence-electron chi connectivity index (χ1n) is 11.0. The Labute approximate surface area is 178 Å². The van der Waals surface area contributed by atoms with E-state index < -0.39 is 6.04 Å². The number of rotatable bonds is 6. The normalized spacial score (nSPS) is 20.6. The third kappa shape index (κ3) is 4.00. The molecule has 1 aromatic carbocycles. The molecule has 1 saturated heterocycles. The maximum absolute atomic E-state index is 13.5. The van der Waals surface area contributed by atoms with Gasteiger partial charge in [-0.1, -0.05) is 50.6 Å². The van der Waals surface area contributed by atoms with Crippen LogP contribution in [0, 0.1) is 18.3 Å². The molecule has 2 atom stereocenters. The lowest BCUT2D eigenvalue weighted by atomic mass is 10.0. The summed E-state index contributed by atoms with van der Waals surface area (Å²) in [7, 11) is 0. The molecule has 1 aliphatic carbocycles. The second kappa shape index (κ2) is 7.89. The van der Waals surface area contributed by atoms with Gasteiger partial charge < -0.3 is 15.2 Å². The zero-order valence-electron chi connectivity index (χ0n) is 18.4. The number of imidazole rings is 1. The third-order valence-electron chi connectivity index (χ3n) is 6.59. The van der Waals surface area contributed by atoms with E-state index in [1.165, 1.54) is 5.56 Å². The average molecular weight is 409 g/mol. The van der Waals surface area contributed by atoms with Gasteiger partial charge in [0.15, 0.2) is 0 Å². The zero-order chi connectivity index (χ0) is 21.5. The average Bonchev–Trinajstić information content (AvgIpc) is 3.13. The van der Waals surface area contributed by atoms with Crippen molar-refractivity contribution < 1.29 is 9.59 Å². The molecule has 160 valence electrons. The van der Waals surface area contributed by atoms with Gasteiger partial charge in [0, 0.05) is 13.0 Å². The van der Waals surface area contributed by atoms with Gasteiger partial charge in [0.1, 0.15) is 11.9 Å². The number of aryl methyl sites for hydroxylation is 1. The van der Waals surface area contributed by atoms with Crippen molar-refractivity contribution in [3.8, 4) is 11.3 Å². The Kier molecular flexibility index (Phi) is 5.43. The van der Waals surface area contributed by atoms with Crippen LogP contribution < -0.4 is 5.32 Å². The lowest BCUT2D eigenvalue weighted by Crippen LogP contribution is -2.51. The fraction of sp³-hybridized carbons (Fsp3) is 0.542. The van der Waals surface area contributed by atoms with Gasteiger partial charge in [-0.25, -0.2) is 4.98 Å². The van der Waals surface area contributed by atoms with Crippen molar-refractivity contribution in [3.05, 3.63) is 41.9 Å². The Morgan fingerprint density at radius 1 is 1.27 bits per heavy atom. The minimum atomic E-state index is -0.500. The molecule has 2 aliphatic rings. The van der Waals surface area contributed by atoms with Gasteiger partial charge in [0.25, 0.3) is 0 Å². The molecule has 2 unspecified atom stereocenters. The number of H-pyrrole nitrogens is 1. The number of nitrogens with one attached hydrogen (secondary N) is 2. The smallest absolute Gasteiger partial charge is 0.246 e.